The van der Waals surface area contributed by atoms with Gasteiger partial charge in [-0.25, -0.2) is 9.37 Å². The molecular weight excluding hydrogens is 301 g/mol. The normalized spacial score (nSPS) is 11.2. The van der Waals surface area contributed by atoms with E-state index in [0.717, 1.165) is 27.8 Å². The molecule has 0 radical (unpaired) electrons. The summed E-state index contributed by atoms with van der Waals surface area (Å²) in [6.07, 6.45) is 3.73. The standard InChI is InChI=1S/C18H13ClFNO/c1-22-16-8-9-17-14(11-16)10-13(18(19)21-17)5-2-12-3-6-15(20)7-4-12/h2-11H,1H3/b5-2-. The molecule has 0 amide bonds. The van der Waals surface area contributed by atoms with Crippen molar-refractivity contribution in [2.75, 3.05) is 7.11 Å². The van der Waals surface area contributed by atoms with Gasteiger partial charge in [-0.2, -0.15) is 0 Å². The molecule has 0 spiro atoms. The molecule has 0 saturated carbocycles. The van der Waals surface area contributed by atoms with Crippen LogP contribution in [0.1, 0.15) is 11.1 Å². The van der Waals surface area contributed by atoms with Gasteiger partial charge in [0.15, 0.2) is 0 Å². The fourth-order valence-electron chi connectivity index (χ4n) is 2.15. The van der Waals surface area contributed by atoms with Gasteiger partial charge in [0, 0.05) is 10.9 Å². The van der Waals surface area contributed by atoms with Crippen LogP contribution in [-0.2, 0) is 0 Å². The molecule has 0 aliphatic heterocycles. The van der Waals surface area contributed by atoms with Gasteiger partial charge in [0.25, 0.3) is 0 Å². The van der Waals surface area contributed by atoms with Crippen molar-refractivity contribution >= 4 is 34.7 Å². The summed E-state index contributed by atoms with van der Waals surface area (Å²) in [5.74, 6) is 0.514. The molecular formula is C18H13ClFNO. The predicted octanol–water partition coefficient (Wildman–Crippen LogP) is 5.21. The fraction of sp³-hybridized carbons (Fsp3) is 0.0556. The van der Waals surface area contributed by atoms with E-state index in [4.69, 9.17) is 16.3 Å². The highest BCUT2D eigenvalue weighted by Gasteiger charge is 2.04. The molecule has 0 aliphatic carbocycles. The average Bonchev–Trinajstić information content (AvgIpc) is 2.54. The lowest BCUT2D eigenvalue weighted by Crippen LogP contribution is -1.87. The highest BCUT2D eigenvalue weighted by molar-refractivity contribution is 6.31. The lowest BCUT2D eigenvalue weighted by atomic mass is 10.1. The molecule has 1 aromatic heterocycles. The fourth-order valence-corrected chi connectivity index (χ4v) is 2.36. The zero-order chi connectivity index (χ0) is 15.5. The predicted molar refractivity (Wildman–Crippen MR) is 88.6 cm³/mol. The average molecular weight is 314 g/mol. The lowest BCUT2D eigenvalue weighted by Gasteiger charge is -2.05. The third-order valence-electron chi connectivity index (χ3n) is 3.33. The third-order valence-corrected chi connectivity index (χ3v) is 3.63. The number of hydrogen-bond donors (Lipinski definition) is 0. The first-order valence-electron chi connectivity index (χ1n) is 6.73. The van der Waals surface area contributed by atoms with Crippen molar-refractivity contribution in [3.63, 3.8) is 0 Å². The van der Waals surface area contributed by atoms with E-state index >= 15 is 0 Å². The Morgan fingerprint density at radius 2 is 1.82 bits per heavy atom. The van der Waals surface area contributed by atoms with Gasteiger partial charge in [0.05, 0.1) is 12.6 Å². The maximum atomic E-state index is 12.9. The number of fused-ring (bicyclic) bond motifs is 1. The van der Waals surface area contributed by atoms with Crippen molar-refractivity contribution in [3.8, 4) is 5.75 Å². The Bertz CT molecular complexity index is 844. The molecule has 2 nitrogen and oxygen atoms in total. The number of ether oxygens (including phenoxy) is 1. The van der Waals surface area contributed by atoms with Crippen molar-refractivity contribution in [2.45, 2.75) is 0 Å². The number of hydrogen-bond acceptors (Lipinski definition) is 2. The topological polar surface area (TPSA) is 22.1 Å². The van der Waals surface area contributed by atoms with E-state index < -0.39 is 0 Å². The molecule has 0 unspecified atom stereocenters. The quantitative estimate of drug-likeness (QED) is 0.619. The number of benzene rings is 2. The van der Waals surface area contributed by atoms with Crippen LogP contribution >= 0.6 is 11.6 Å². The summed E-state index contributed by atoms with van der Waals surface area (Å²) < 4.78 is 18.1. The first kappa shape index (κ1) is 14.5. The Morgan fingerprint density at radius 3 is 2.55 bits per heavy atom. The van der Waals surface area contributed by atoms with Crippen molar-refractivity contribution in [1.29, 1.82) is 0 Å². The van der Waals surface area contributed by atoms with Gasteiger partial charge in [-0.1, -0.05) is 35.9 Å². The summed E-state index contributed by atoms with van der Waals surface area (Å²) in [6.45, 7) is 0. The monoisotopic (exact) mass is 313 g/mol. The summed E-state index contributed by atoms with van der Waals surface area (Å²) in [5, 5.41) is 1.37. The van der Waals surface area contributed by atoms with Crippen LogP contribution in [0.15, 0.2) is 48.5 Å². The van der Waals surface area contributed by atoms with Crippen LogP contribution in [0, 0.1) is 5.82 Å². The molecule has 0 saturated heterocycles. The summed E-state index contributed by atoms with van der Waals surface area (Å²) in [5.41, 5.74) is 2.50. The van der Waals surface area contributed by atoms with E-state index in [1.54, 1.807) is 19.2 Å². The second kappa shape index (κ2) is 6.16. The van der Waals surface area contributed by atoms with Crippen molar-refractivity contribution in [1.82, 2.24) is 4.98 Å². The zero-order valence-corrected chi connectivity index (χ0v) is 12.6. The lowest BCUT2D eigenvalue weighted by molar-refractivity contribution is 0.415. The minimum Gasteiger partial charge on any atom is -0.497 e. The number of nitrogens with zero attached hydrogens (tertiary/aromatic N) is 1. The van der Waals surface area contributed by atoms with Crippen LogP contribution in [0.4, 0.5) is 4.39 Å². The van der Waals surface area contributed by atoms with Gasteiger partial charge < -0.3 is 4.74 Å². The minimum atomic E-state index is -0.255. The first-order chi connectivity index (χ1) is 10.7. The summed E-state index contributed by atoms with van der Waals surface area (Å²) >= 11 is 6.21. The van der Waals surface area contributed by atoms with Gasteiger partial charge in [-0.15, -0.1) is 0 Å². The largest absolute Gasteiger partial charge is 0.497 e. The van der Waals surface area contributed by atoms with Crippen molar-refractivity contribution in [3.05, 3.63) is 70.6 Å². The summed E-state index contributed by atoms with van der Waals surface area (Å²) in [6, 6.07) is 13.8. The smallest absolute Gasteiger partial charge is 0.136 e. The zero-order valence-electron chi connectivity index (χ0n) is 11.9. The van der Waals surface area contributed by atoms with Gasteiger partial charge in [-0.3, -0.25) is 0 Å². The van der Waals surface area contributed by atoms with Crippen molar-refractivity contribution in [2.24, 2.45) is 0 Å². The molecule has 110 valence electrons. The van der Waals surface area contributed by atoms with Gasteiger partial charge >= 0.3 is 0 Å². The van der Waals surface area contributed by atoms with Crippen LogP contribution in [0.2, 0.25) is 5.15 Å². The van der Waals surface area contributed by atoms with Crippen molar-refractivity contribution < 1.29 is 9.13 Å². The summed E-state index contributed by atoms with van der Waals surface area (Å²) in [4.78, 5) is 4.38. The molecule has 2 aromatic carbocycles. The van der Waals surface area contributed by atoms with E-state index in [1.807, 2.05) is 36.4 Å². The van der Waals surface area contributed by atoms with Crippen LogP contribution in [0.3, 0.4) is 0 Å². The number of pyridine rings is 1. The van der Waals surface area contributed by atoms with E-state index in [-0.39, 0.29) is 5.82 Å². The molecule has 3 rings (SSSR count). The summed E-state index contributed by atoms with van der Waals surface area (Å²) in [7, 11) is 1.62. The Kier molecular flexibility index (Phi) is 4.07. The molecule has 0 N–H and O–H groups in total. The molecule has 1 heterocycles. The minimum absolute atomic E-state index is 0.255. The SMILES string of the molecule is COc1ccc2nc(Cl)c(/C=C\c3ccc(F)cc3)cc2c1. The Balaban J connectivity index is 1.98. The highest BCUT2D eigenvalue weighted by atomic mass is 35.5. The highest BCUT2D eigenvalue weighted by Crippen LogP contribution is 2.25. The number of aromatic nitrogens is 1. The molecule has 0 atom stereocenters. The van der Waals surface area contributed by atoms with Crippen LogP contribution < -0.4 is 4.74 Å². The third kappa shape index (κ3) is 3.10. The Hall–Kier alpha value is -2.39. The number of halogens is 2. The van der Waals surface area contributed by atoms with E-state index in [2.05, 4.69) is 4.98 Å². The maximum Gasteiger partial charge on any atom is 0.136 e. The van der Waals surface area contributed by atoms with Crippen LogP contribution in [0.25, 0.3) is 23.1 Å². The number of rotatable bonds is 3. The molecule has 0 bridgehead atoms. The molecule has 4 heteroatoms. The molecule has 3 aromatic rings. The van der Waals surface area contributed by atoms with Gasteiger partial charge in [0.1, 0.15) is 16.7 Å². The van der Waals surface area contributed by atoms with Gasteiger partial charge in [0.2, 0.25) is 0 Å². The molecule has 22 heavy (non-hydrogen) atoms. The van der Waals surface area contributed by atoms with E-state index in [1.165, 1.54) is 12.1 Å². The molecule has 0 fully saturated rings. The van der Waals surface area contributed by atoms with Crippen LogP contribution in [0.5, 0.6) is 5.75 Å². The first-order valence-corrected chi connectivity index (χ1v) is 7.11. The van der Waals surface area contributed by atoms with E-state index in [0.29, 0.717) is 5.15 Å². The molecule has 0 aliphatic rings. The van der Waals surface area contributed by atoms with E-state index in [9.17, 15) is 4.39 Å². The van der Waals surface area contributed by atoms with Crippen LogP contribution in [-0.4, -0.2) is 12.1 Å². The Labute approximate surface area is 132 Å². The number of methoxy groups -OCH3 is 1. The second-order valence-electron chi connectivity index (χ2n) is 4.81. The Morgan fingerprint density at radius 1 is 1.05 bits per heavy atom. The second-order valence-corrected chi connectivity index (χ2v) is 5.17. The maximum absolute atomic E-state index is 12.9. The van der Waals surface area contributed by atoms with Gasteiger partial charge in [-0.05, 0) is 42.0 Å².